The molecule has 3 aromatic rings. The van der Waals surface area contributed by atoms with E-state index in [1.54, 1.807) is 25.1 Å². The second-order valence-electron chi connectivity index (χ2n) is 4.74. The minimum atomic E-state index is 0.451. The first-order valence-corrected chi connectivity index (χ1v) is 8.09. The van der Waals surface area contributed by atoms with Gasteiger partial charge in [0.25, 0.3) is 0 Å². The van der Waals surface area contributed by atoms with E-state index in [1.807, 2.05) is 34.9 Å². The summed E-state index contributed by atoms with van der Waals surface area (Å²) in [6.07, 6.45) is 3.72. The van der Waals surface area contributed by atoms with Gasteiger partial charge in [-0.1, -0.05) is 30.8 Å². The van der Waals surface area contributed by atoms with Crippen LogP contribution in [-0.2, 0) is 6.54 Å². The number of ether oxygens (including phenoxy) is 1. The Morgan fingerprint density at radius 1 is 1.32 bits per heavy atom. The summed E-state index contributed by atoms with van der Waals surface area (Å²) in [5.41, 5.74) is 9.48. The number of methoxy groups -OCH3 is 1. The quantitative estimate of drug-likeness (QED) is 0.579. The molecule has 0 amide bonds. The molecule has 0 atom stereocenters. The number of nitrogens with zero attached hydrogens (tertiary/aromatic N) is 3. The van der Waals surface area contributed by atoms with Gasteiger partial charge in [0.1, 0.15) is 11.4 Å². The zero-order valence-electron chi connectivity index (χ0n) is 12.6. The van der Waals surface area contributed by atoms with Gasteiger partial charge >= 0.3 is 0 Å². The highest BCUT2D eigenvalue weighted by molar-refractivity contribution is 7.99. The van der Waals surface area contributed by atoms with E-state index in [2.05, 4.69) is 11.9 Å². The average Bonchev–Trinajstić information content (AvgIpc) is 3.03. The highest BCUT2D eigenvalue weighted by Crippen LogP contribution is 2.28. The van der Waals surface area contributed by atoms with Crippen LogP contribution in [0.1, 0.15) is 12.5 Å². The van der Waals surface area contributed by atoms with Crippen molar-refractivity contribution in [3.63, 3.8) is 0 Å². The Labute approximate surface area is 133 Å². The Kier molecular flexibility index (Phi) is 4.31. The monoisotopic (exact) mass is 314 g/mol. The Bertz CT molecular complexity index is 800. The standard InChI is InChI=1S/C16H18N4OS/c1-3-22-16-19-13(9-15-18-6-7-20(15)16)11-4-5-12(10-17)14(8-11)21-2/h4-9H,3,10,17H2,1-2H3. The number of hydrogen-bond acceptors (Lipinski definition) is 5. The maximum absolute atomic E-state index is 5.73. The first kappa shape index (κ1) is 14.9. The summed E-state index contributed by atoms with van der Waals surface area (Å²) in [4.78, 5) is 9.15. The van der Waals surface area contributed by atoms with Crippen LogP contribution in [0.4, 0.5) is 0 Å². The molecule has 6 heteroatoms. The summed E-state index contributed by atoms with van der Waals surface area (Å²) < 4.78 is 7.42. The lowest BCUT2D eigenvalue weighted by molar-refractivity contribution is 0.410. The molecule has 5 nitrogen and oxygen atoms in total. The highest BCUT2D eigenvalue weighted by Gasteiger charge is 2.10. The number of fused-ring (bicyclic) bond motifs is 1. The van der Waals surface area contributed by atoms with Crippen LogP contribution in [-0.4, -0.2) is 27.2 Å². The van der Waals surface area contributed by atoms with E-state index < -0.39 is 0 Å². The number of hydrogen-bond donors (Lipinski definition) is 1. The first-order chi connectivity index (χ1) is 10.8. The van der Waals surface area contributed by atoms with Crippen LogP contribution in [0.5, 0.6) is 5.75 Å². The molecule has 0 aliphatic rings. The van der Waals surface area contributed by atoms with E-state index in [1.165, 1.54) is 0 Å². The second kappa shape index (κ2) is 6.37. The van der Waals surface area contributed by atoms with Crippen molar-refractivity contribution in [1.29, 1.82) is 0 Å². The molecule has 2 N–H and O–H groups in total. The SMILES string of the molecule is CCSc1nc(-c2ccc(CN)c(OC)c2)cc2nccn12. The molecule has 0 saturated carbocycles. The van der Waals surface area contributed by atoms with Gasteiger partial charge in [0, 0.05) is 36.1 Å². The lowest BCUT2D eigenvalue weighted by Crippen LogP contribution is -2.01. The molecule has 0 bridgehead atoms. The topological polar surface area (TPSA) is 65.4 Å². The molecule has 22 heavy (non-hydrogen) atoms. The molecule has 0 spiro atoms. The van der Waals surface area contributed by atoms with Crippen molar-refractivity contribution >= 4 is 17.4 Å². The van der Waals surface area contributed by atoms with Crippen molar-refractivity contribution in [2.24, 2.45) is 5.73 Å². The largest absolute Gasteiger partial charge is 0.496 e. The molecule has 0 fully saturated rings. The molecule has 3 rings (SSSR count). The van der Waals surface area contributed by atoms with Crippen molar-refractivity contribution in [1.82, 2.24) is 14.4 Å². The number of thioether (sulfide) groups is 1. The lowest BCUT2D eigenvalue weighted by atomic mass is 10.1. The van der Waals surface area contributed by atoms with Crippen LogP contribution in [0.25, 0.3) is 16.9 Å². The van der Waals surface area contributed by atoms with Crippen molar-refractivity contribution < 1.29 is 4.74 Å². The third-order valence-electron chi connectivity index (χ3n) is 3.43. The van der Waals surface area contributed by atoms with Crippen molar-refractivity contribution in [2.45, 2.75) is 18.6 Å². The van der Waals surface area contributed by atoms with Gasteiger partial charge in [0.15, 0.2) is 5.16 Å². The van der Waals surface area contributed by atoms with Gasteiger partial charge in [-0.15, -0.1) is 0 Å². The van der Waals surface area contributed by atoms with Gasteiger partial charge in [-0.3, -0.25) is 4.40 Å². The first-order valence-electron chi connectivity index (χ1n) is 7.11. The maximum Gasteiger partial charge on any atom is 0.174 e. The van der Waals surface area contributed by atoms with Crippen LogP contribution in [0, 0.1) is 0 Å². The summed E-state index contributed by atoms with van der Waals surface area (Å²) in [7, 11) is 1.65. The van der Waals surface area contributed by atoms with E-state index >= 15 is 0 Å². The molecule has 0 aliphatic heterocycles. The normalized spacial score (nSPS) is 11.0. The number of aromatic nitrogens is 3. The van der Waals surface area contributed by atoms with Gasteiger partial charge in [0.2, 0.25) is 0 Å². The van der Waals surface area contributed by atoms with Crippen molar-refractivity contribution in [3.05, 3.63) is 42.2 Å². The molecular formula is C16H18N4OS. The third-order valence-corrected chi connectivity index (χ3v) is 4.27. The fourth-order valence-electron chi connectivity index (χ4n) is 2.35. The predicted octanol–water partition coefficient (Wildman–Crippen LogP) is 2.98. The number of imidazole rings is 1. The third kappa shape index (κ3) is 2.67. The number of benzene rings is 1. The molecule has 0 radical (unpaired) electrons. The Morgan fingerprint density at radius 3 is 2.91 bits per heavy atom. The summed E-state index contributed by atoms with van der Waals surface area (Å²) in [6.45, 7) is 2.56. The van der Waals surface area contributed by atoms with E-state index in [0.717, 1.165) is 39.1 Å². The maximum atomic E-state index is 5.73. The van der Waals surface area contributed by atoms with Crippen molar-refractivity contribution in [2.75, 3.05) is 12.9 Å². The van der Waals surface area contributed by atoms with Crippen LogP contribution < -0.4 is 10.5 Å². The average molecular weight is 314 g/mol. The summed E-state index contributed by atoms with van der Waals surface area (Å²) in [5, 5.41) is 0.939. The van der Waals surface area contributed by atoms with Crippen LogP contribution in [0.3, 0.4) is 0 Å². The molecule has 2 aromatic heterocycles. The summed E-state index contributed by atoms with van der Waals surface area (Å²) in [5.74, 6) is 1.74. The van der Waals surface area contributed by atoms with E-state index in [4.69, 9.17) is 15.5 Å². The molecule has 0 saturated heterocycles. The molecule has 1 aromatic carbocycles. The second-order valence-corrected chi connectivity index (χ2v) is 5.97. The summed E-state index contributed by atoms with van der Waals surface area (Å²) in [6, 6.07) is 7.96. The fourth-order valence-corrected chi connectivity index (χ4v) is 3.06. The predicted molar refractivity (Wildman–Crippen MR) is 89.3 cm³/mol. The van der Waals surface area contributed by atoms with Gasteiger partial charge in [0.05, 0.1) is 12.8 Å². The lowest BCUT2D eigenvalue weighted by Gasteiger charge is -2.11. The van der Waals surface area contributed by atoms with E-state index in [0.29, 0.717) is 6.54 Å². The van der Waals surface area contributed by atoms with E-state index in [-0.39, 0.29) is 0 Å². The van der Waals surface area contributed by atoms with Gasteiger partial charge in [-0.25, -0.2) is 9.97 Å². The minimum absolute atomic E-state index is 0.451. The Hall–Kier alpha value is -2.05. The van der Waals surface area contributed by atoms with Crippen molar-refractivity contribution in [3.8, 4) is 17.0 Å². The number of nitrogens with two attached hydrogens (primary N) is 1. The van der Waals surface area contributed by atoms with E-state index in [9.17, 15) is 0 Å². The highest BCUT2D eigenvalue weighted by atomic mass is 32.2. The zero-order valence-corrected chi connectivity index (χ0v) is 13.4. The Morgan fingerprint density at radius 2 is 2.18 bits per heavy atom. The fraction of sp³-hybridized carbons (Fsp3) is 0.250. The Balaban J connectivity index is 2.13. The summed E-state index contributed by atoms with van der Waals surface area (Å²) >= 11 is 1.70. The molecule has 0 unspecified atom stereocenters. The molecular weight excluding hydrogens is 296 g/mol. The molecule has 0 aliphatic carbocycles. The van der Waals surface area contributed by atoms with Crippen LogP contribution >= 0.6 is 11.8 Å². The van der Waals surface area contributed by atoms with Crippen LogP contribution in [0.15, 0.2) is 41.8 Å². The van der Waals surface area contributed by atoms with Crippen LogP contribution in [0.2, 0.25) is 0 Å². The molecule has 114 valence electrons. The van der Waals surface area contributed by atoms with Gasteiger partial charge < -0.3 is 10.5 Å². The zero-order chi connectivity index (χ0) is 15.5. The molecule has 2 heterocycles. The number of rotatable bonds is 5. The smallest absolute Gasteiger partial charge is 0.174 e. The minimum Gasteiger partial charge on any atom is -0.496 e. The van der Waals surface area contributed by atoms with Gasteiger partial charge in [-0.2, -0.15) is 0 Å². The van der Waals surface area contributed by atoms with Gasteiger partial charge in [-0.05, 0) is 11.8 Å².